The molecule has 1 heterocycles. The number of hydrogen-bond acceptors (Lipinski definition) is 4. The minimum absolute atomic E-state index is 0.0377. The molecule has 0 saturated heterocycles. The zero-order chi connectivity index (χ0) is 14.4. The van der Waals surface area contributed by atoms with Gasteiger partial charge in [0.2, 0.25) is 5.91 Å². The molecule has 1 amide bonds. The van der Waals surface area contributed by atoms with Crippen molar-refractivity contribution in [1.29, 1.82) is 0 Å². The van der Waals surface area contributed by atoms with Crippen LogP contribution in [0.2, 0.25) is 0 Å². The van der Waals surface area contributed by atoms with Crippen molar-refractivity contribution in [2.75, 3.05) is 5.32 Å². The Morgan fingerprint density at radius 2 is 2.30 bits per heavy atom. The molecule has 0 radical (unpaired) electrons. The fraction of sp³-hybridized carbons (Fsp3) is 0.0714. The zero-order valence-electron chi connectivity index (χ0n) is 10.4. The lowest BCUT2D eigenvalue weighted by Gasteiger charge is -2.04. The van der Waals surface area contributed by atoms with Gasteiger partial charge in [0.1, 0.15) is 17.3 Å². The Hall–Kier alpha value is -2.21. The Morgan fingerprint density at radius 3 is 3.05 bits per heavy atom. The Labute approximate surface area is 119 Å². The maximum absolute atomic E-state index is 13.0. The van der Waals surface area contributed by atoms with E-state index in [1.54, 1.807) is 17.7 Å². The van der Waals surface area contributed by atoms with Gasteiger partial charge in [0.25, 0.3) is 0 Å². The van der Waals surface area contributed by atoms with Crippen LogP contribution in [0.1, 0.15) is 5.76 Å². The number of aromatic hydroxyl groups is 1. The monoisotopic (exact) mass is 293 g/mol. The summed E-state index contributed by atoms with van der Waals surface area (Å²) < 4.78 is 18.1. The van der Waals surface area contributed by atoms with Gasteiger partial charge in [-0.05, 0) is 29.7 Å². The van der Waals surface area contributed by atoms with E-state index in [1.807, 2.05) is 6.07 Å². The van der Waals surface area contributed by atoms with Crippen LogP contribution in [-0.4, -0.2) is 11.0 Å². The molecule has 0 unspecified atom stereocenters. The van der Waals surface area contributed by atoms with Gasteiger partial charge in [-0.25, -0.2) is 4.39 Å². The zero-order valence-corrected chi connectivity index (χ0v) is 11.2. The van der Waals surface area contributed by atoms with Crippen molar-refractivity contribution in [1.82, 2.24) is 0 Å². The van der Waals surface area contributed by atoms with E-state index in [4.69, 9.17) is 4.42 Å². The number of carbonyl (C=O) groups is 1. The van der Waals surface area contributed by atoms with Crippen LogP contribution in [0.5, 0.6) is 5.75 Å². The highest BCUT2D eigenvalue weighted by molar-refractivity contribution is 8.01. The minimum atomic E-state index is -0.533. The normalized spacial score (nSPS) is 10.8. The lowest BCUT2D eigenvalue weighted by molar-refractivity contribution is -0.111. The highest BCUT2D eigenvalue weighted by Crippen LogP contribution is 2.23. The standard InChI is InChI=1S/C14H12FNO3S/c15-10-3-4-13(17)12(8-10)16-14(18)5-7-20-9-11-2-1-6-19-11/h1-8,17H,9H2,(H,16,18)/b7-5+. The molecule has 1 aromatic heterocycles. The maximum Gasteiger partial charge on any atom is 0.248 e. The van der Waals surface area contributed by atoms with Crippen molar-refractivity contribution in [3.8, 4) is 5.75 Å². The third-order valence-corrected chi connectivity index (χ3v) is 3.12. The van der Waals surface area contributed by atoms with Gasteiger partial charge in [0, 0.05) is 12.1 Å². The number of phenolic OH excluding ortho intramolecular Hbond substituents is 1. The Morgan fingerprint density at radius 1 is 1.45 bits per heavy atom. The second-order valence-electron chi connectivity index (χ2n) is 3.84. The molecular weight excluding hydrogens is 281 g/mol. The first-order valence-corrected chi connectivity index (χ1v) is 6.80. The number of nitrogens with one attached hydrogen (secondary N) is 1. The largest absolute Gasteiger partial charge is 0.506 e. The van der Waals surface area contributed by atoms with Gasteiger partial charge in [-0.3, -0.25) is 4.79 Å². The van der Waals surface area contributed by atoms with Crippen LogP contribution >= 0.6 is 11.8 Å². The van der Waals surface area contributed by atoms with E-state index < -0.39 is 11.7 Å². The average molecular weight is 293 g/mol. The van der Waals surface area contributed by atoms with Gasteiger partial charge in [0.05, 0.1) is 17.7 Å². The van der Waals surface area contributed by atoms with Gasteiger partial charge in [-0.2, -0.15) is 0 Å². The fourth-order valence-corrected chi connectivity index (χ4v) is 2.06. The maximum atomic E-state index is 13.0. The smallest absolute Gasteiger partial charge is 0.248 e. The quantitative estimate of drug-likeness (QED) is 0.654. The molecule has 104 valence electrons. The molecule has 2 aromatic rings. The molecule has 0 aliphatic heterocycles. The predicted molar refractivity (Wildman–Crippen MR) is 75.8 cm³/mol. The highest BCUT2D eigenvalue weighted by Gasteiger charge is 2.05. The van der Waals surface area contributed by atoms with E-state index in [2.05, 4.69) is 5.32 Å². The van der Waals surface area contributed by atoms with Gasteiger partial charge in [-0.1, -0.05) is 0 Å². The topological polar surface area (TPSA) is 62.5 Å². The lowest BCUT2D eigenvalue weighted by Crippen LogP contribution is -2.07. The van der Waals surface area contributed by atoms with E-state index >= 15 is 0 Å². The molecule has 0 fully saturated rings. The van der Waals surface area contributed by atoms with Gasteiger partial charge in [-0.15, -0.1) is 11.8 Å². The molecule has 20 heavy (non-hydrogen) atoms. The van der Waals surface area contributed by atoms with Crippen molar-refractivity contribution >= 4 is 23.4 Å². The van der Waals surface area contributed by atoms with E-state index in [0.717, 1.165) is 17.9 Å². The molecule has 1 aromatic carbocycles. The van der Waals surface area contributed by atoms with Crippen LogP contribution < -0.4 is 5.32 Å². The molecule has 0 aliphatic rings. The third-order valence-electron chi connectivity index (χ3n) is 2.34. The second-order valence-corrected chi connectivity index (χ2v) is 4.74. The number of hydrogen-bond donors (Lipinski definition) is 2. The van der Waals surface area contributed by atoms with Crippen molar-refractivity contribution in [3.63, 3.8) is 0 Å². The molecule has 0 atom stereocenters. The van der Waals surface area contributed by atoms with Crippen LogP contribution in [0.4, 0.5) is 10.1 Å². The SMILES string of the molecule is O=C(/C=C/SCc1ccco1)Nc1cc(F)ccc1O. The lowest BCUT2D eigenvalue weighted by atomic mass is 10.3. The Kier molecular flexibility index (Phi) is 4.84. The first-order chi connectivity index (χ1) is 9.65. The molecule has 2 N–H and O–H groups in total. The average Bonchev–Trinajstić information content (AvgIpc) is 2.92. The summed E-state index contributed by atoms with van der Waals surface area (Å²) in [5, 5.41) is 13.5. The Bertz CT molecular complexity index is 611. The summed E-state index contributed by atoms with van der Waals surface area (Å²) in [5.74, 6) is 0.258. The van der Waals surface area contributed by atoms with Gasteiger partial charge < -0.3 is 14.8 Å². The van der Waals surface area contributed by atoms with E-state index in [1.165, 1.54) is 23.9 Å². The molecule has 0 saturated carbocycles. The molecule has 6 heteroatoms. The van der Waals surface area contributed by atoms with E-state index in [0.29, 0.717) is 5.75 Å². The highest BCUT2D eigenvalue weighted by atomic mass is 32.2. The van der Waals surface area contributed by atoms with Crippen LogP contribution in [-0.2, 0) is 10.5 Å². The molecule has 0 aliphatic carbocycles. The fourth-order valence-electron chi connectivity index (χ4n) is 1.42. The number of thioether (sulfide) groups is 1. The van der Waals surface area contributed by atoms with Crippen LogP contribution in [0.15, 0.2) is 52.5 Å². The molecule has 2 rings (SSSR count). The van der Waals surface area contributed by atoms with Crippen molar-refractivity contribution in [3.05, 3.63) is 59.7 Å². The van der Waals surface area contributed by atoms with Crippen LogP contribution in [0.25, 0.3) is 0 Å². The number of rotatable bonds is 5. The number of carbonyl (C=O) groups excluding carboxylic acids is 1. The van der Waals surface area contributed by atoms with Gasteiger partial charge >= 0.3 is 0 Å². The summed E-state index contributed by atoms with van der Waals surface area (Å²) in [4.78, 5) is 11.6. The molecular formula is C14H12FNO3S. The number of halogens is 1. The van der Waals surface area contributed by atoms with Crippen LogP contribution in [0.3, 0.4) is 0 Å². The molecule has 4 nitrogen and oxygen atoms in total. The number of benzene rings is 1. The van der Waals surface area contributed by atoms with Crippen LogP contribution in [0, 0.1) is 5.82 Å². The predicted octanol–water partition coefficient (Wildman–Crippen LogP) is 3.51. The molecule has 0 spiro atoms. The first kappa shape index (κ1) is 14.2. The van der Waals surface area contributed by atoms with Gasteiger partial charge in [0.15, 0.2) is 0 Å². The molecule has 0 bridgehead atoms. The Balaban J connectivity index is 1.84. The second kappa shape index (κ2) is 6.81. The first-order valence-electron chi connectivity index (χ1n) is 5.75. The third kappa shape index (κ3) is 4.17. The minimum Gasteiger partial charge on any atom is -0.506 e. The number of amides is 1. The summed E-state index contributed by atoms with van der Waals surface area (Å²) in [7, 11) is 0. The summed E-state index contributed by atoms with van der Waals surface area (Å²) in [6, 6.07) is 6.97. The van der Waals surface area contributed by atoms with Crippen molar-refractivity contribution in [2.45, 2.75) is 5.75 Å². The summed E-state index contributed by atoms with van der Waals surface area (Å²) in [5.41, 5.74) is 0.0377. The number of anilines is 1. The summed E-state index contributed by atoms with van der Waals surface area (Å²) in [6.45, 7) is 0. The van der Waals surface area contributed by atoms with E-state index in [9.17, 15) is 14.3 Å². The summed E-state index contributed by atoms with van der Waals surface area (Å²) in [6.07, 6.45) is 2.89. The summed E-state index contributed by atoms with van der Waals surface area (Å²) >= 11 is 1.39. The van der Waals surface area contributed by atoms with Crippen molar-refractivity contribution in [2.24, 2.45) is 0 Å². The number of furan rings is 1. The number of phenols is 1. The van der Waals surface area contributed by atoms with Crippen molar-refractivity contribution < 1.29 is 18.7 Å². The van der Waals surface area contributed by atoms with E-state index in [-0.39, 0.29) is 11.4 Å².